The first-order valence-electron chi connectivity index (χ1n) is 6.22. The molecule has 108 valence electrons. The van der Waals surface area contributed by atoms with Gasteiger partial charge in [-0.3, -0.25) is 4.79 Å². The number of carboxylic acids is 1. The maximum Gasteiger partial charge on any atom is 0.322 e. The second-order valence-corrected chi connectivity index (χ2v) is 5.47. The van der Waals surface area contributed by atoms with E-state index in [1.807, 2.05) is 0 Å². The maximum atomic E-state index is 12.2. The quantitative estimate of drug-likeness (QED) is 0.873. The highest BCUT2D eigenvalue weighted by molar-refractivity contribution is 6.36. The van der Waals surface area contributed by atoms with Gasteiger partial charge in [0.25, 0.3) is 0 Å². The lowest BCUT2D eigenvalue weighted by atomic mass is 10.3. The first-order chi connectivity index (χ1) is 9.47. The summed E-state index contributed by atoms with van der Waals surface area (Å²) in [4.78, 5) is 24.3. The first kappa shape index (κ1) is 14.9. The summed E-state index contributed by atoms with van der Waals surface area (Å²) in [6.07, 6.45) is 1.74. The van der Waals surface area contributed by atoms with Crippen LogP contribution in [0.1, 0.15) is 19.3 Å². The molecule has 0 aromatic heterocycles. The average molecular weight is 317 g/mol. The molecular formula is C13H14Cl2N2O3. The number of carboxylic acid groups (broad SMARTS) is 1. The zero-order valence-electron chi connectivity index (χ0n) is 10.6. The third-order valence-corrected chi connectivity index (χ3v) is 3.54. The molecule has 1 aromatic rings. The summed E-state index contributed by atoms with van der Waals surface area (Å²) in [5.74, 6) is -0.923. The van der Waals surface area contributed by atoms with Gasteiger partial charge < -0.3 is 15.3 Å². The number of aliphatic carboxylic acids is 1. The number of rotatable bonds is 5. The fraction of sp³-hybridized carbons (Fsp3) is 0.385. The predicted molar refractivity (Wildman–Crippen MR) is 77.5 cm³/mol. The summed E-state index contributed by atoms with van der Waals surface area (Å²) < 4.78 is 0. The molecule has 0 saturated heterocycles. The van der Waals surface area contributed by atoms with E-state index in [0.717, 1.165) is 12.8 Å². The number of hydrogen-bond acceptors (Lipinski definition) is 2. The molecule has 0 aliphatic heterocycles. The van der Waals surface area contributed by atoms with Crippen molar-refractivity contribution in [2.24, 2.45) is 0 Å². The van der Waals surface area contributed by atoms with Gasteiger partial charge in [0.1, 0.15) is 0 Å². The Labute approximate surface area is 126 Å². The van der Waals surface area contributed by atoms with E-state index in [9.17, 15) is 9.59 Å². The van der Waals surface area contributed by atoms with Crippen LogP contribution in [0, 0.1) is 0 Å². The minimum Gasteiger partial charge on any atom is -0.481 e. The number of hydrogen-bond donors (Lipinski definition) is 2. The van der Waals surface area contributed by atoms with Gasteiger partial charge >= 0.3 is 12.0 Å². The van der Waals surface area contributed by atoms with E-state index in [4.69, 9.17) is 28.3 Å². The molecule has 0 radical (unpaired) electrons. The number of carbonyl (C=O) groups excluding carboxylic acids is 1. The minimum atomic E-state index is -0.923. The molecule has 1 aliphatic rings. The van der Waals surface area contributed by atoms with Crippen molar-refractivity contribution in [3.05, 3.63) is 28.2 Å². The molecule has 0 spiro atoms. The summed E-state index contributed by atoms with van der Waals surface area (Å²) in [6.45, 7) is 0.192. The van der Waals surface area contributed by atoms with E-state index in [2.05, 4.69) is 5.32 Å². The van der Waals surface area contributed by atoms with Crippen LogP contribution in [0.3, 0.4) is 0 Å². The number of nitrogens with zero attached hydrogens (tertiary/aromatic N) is 1. The van der Waals surface area contributed by atoms with Crippen molar-refractivity contribution in [1.29, 1.82) is 0 Å². The van der Waals surface area contributed by atoms with E-state index >= 15 is 0 Å². The smallest absolute Gasteiger partial charge is 0.322 e. The zero-order valence-corrected chi connectivity index (χ0v) is 12.1. The van der Waals surface area contributed by atoms with Crippen LogP contribution in [-0.2, 0) is 4.79 Å². The number of amides is 2. The van der Waals surface area contributed by atoms with E-state index in [-0.39, 0.29) is 25.0 Å². The molecule has 7 heteroatoms. The van der Waals surface area contributed by atoms with Crippen molar-refractivity contribution in [3.8, 4) is 0 Å². The molecule has 20 heavy (non-hydrogen) atoms. The van der Waals surface area contributed by atoms with Gasteiger partial charge in [0, 0.05) is 17.6 Å². The predicted octanol–water partition coefficient (Wildman–Crippen LogP) is 3.46. The molecule has 2 N–H and O–H groups in total. The van der Waals surface area contributed by atoms with Crippen LogP contribution in [0.15, 0.2) is 18.2 Å². The van der Waals surface area contributed by atoms with Crippen molar-refractivity contribution >= 4 is 40.9 Å². The molecule has 1 aromatic carbocycles. The van der Waals surface area contributed by atoms with Gasteiger partial charge in [-0.2, -0.15) is 0 Å². The van der Waals surface area contributed by atoms with E-state index in [1.54, 1.807) is 17.0 Å². The Morgan fingerprint density at radius 3 is 2.60 bits per heavy atom. The normalized spacial score (nSPS) is 13.9. The van der Waals surface area contributed by atoms with Crippen molar-refractivity contribution in [3.63, 3.8) is 0 Å². The van der Waals surface area contributed by atoms with Gasteiger partial charge in [0.05, 0.1) is 17.1 Å². The van der Waals surface area contributed by atoms with E-state index in [1.165, 1.54) is 6.07 Å². The summed E-state index contributed by atoms with van der Waals surface area (Å²) in [6, 6.07) is 4.57. The molecule has 1 fully saturated rings. The largest absolute Gasteiger partial charge is 0.481 e. The molecule has 0 heterocycles. The van der Waals surface area contributed by atoms with Crippen LogP contribution in [0.4, 0.5) is 10.5 Å². The van der Waals surface area contributed by atoms with Gasteiger partial charge in [0.15, 0.2) is 0 Å². The molecular weight excluding hydrogens is 303 g/mol. The molecule has 1 aliphatic carbocycles. The van der Waals surface area contributed by atoms with E-state index < -0.39 is 5.97 Å². The Balaban J connectivity index is 2.02. The third kappa shape index (κ3) is 4.02. The second kappa shape index (κ2) is 6.33. The lowest BCUT2D eigenvalue weighted by molar-refractivity contribution is -0.137. The zero-order chi connectivity index (χ0) is 14.7. The van der Waals surface area contributed by atoms with Crippen LogP contribution in [0.2, 0.25) is 10.0 Å². The van der Waals surface area contributed by atoms with Crippen molar-refractivity contribution in [2.75, 3.05) is 11.9 Å². The Kier molecular flexibility index (Phi) is 4.73. The molecule has 2 amide bonds. The van der Waals surface area contributed by atoms with Gasteiger partial charge in [-0.25, -0.2) is 4.79 Å². The molecule has 2 rings (SSSR count). The minimum absolute atomic E-state index is 0.0712. The molecule has 1 saturated carbocycles. The SMILES string of the molecule is O=C(O)CCN(C(=O)Nc1ccc(Cl)cc1Cl)C1CC1. The van der Waals surface area contributed by atoms with Crippen molar-refractivity contribution < 1.29 is 14.7 Å². The monoisotopic (exact) mass is 316 g/mol. The number of halogens is 2. The Morgan fingerprint density at radius 1 is 1.35 bits per heavy atom. The Hall–Kier alpha value is -1.46. The summed E-state index contributed by atoms with van der Waals surface area (Å²) in [5.41, 5.74) is 0.460. The number of urea groups is 1. The van der Waals surface area contributed by atoms with Crippen LogP contribution < -0.4 is 5.32 Å². The van der Waals surface area contributed by atoms with Gasteiger partial charge in [-0.1, -0.05) is 23.2 Å². The summed E-state index contributed by atoms with van der Waals surface area (Å²) >= 11 is 11.8. The molecule has 0 bridgehead atoms. The standard InChI is InChI=1S/C13H14Cl2N2O3/c14-8-1-4-11(10(15)7-8)16-13(20)17(9-2-3-9)6-5-12(18)19/h1,4,7,9H,2-3,5-6H2,(H,16,20)(H,18,19). The lowest BCUT2D eigenvalue weighted by Gasteiger charge is -2.22. The lowest BCUT2D eigenvalue weighted by Crippen LogP contribution is -2.38. The summed E-state index contributed by atoms with van der Waals surface area (Å²) in [5, 5.41) is 12.2. The van der Waals surface area contributed by atoms with Gasteiger partial charge in [-0.05, 0) is 31.0 Å². The number of carbonyl (C=O) groups is 2. The third-order valence-electron chi connectivity index (χ3n) is 2.99. The van der Waals surface area contributed by atoms with Crippen molar-refractivity contribution in [2.45, 2.75) is 25.3 Å². The Morgan fingerprint density at radius 2 is 2.05 bits per heavy atom. The highest BCUT2D eigenvalue weighted by Gasteiger charge is 2.32. The highest BCUT2D eigenvalue weighted by Crippen LogP contribution is 2.29. The van der Waals surface area contributed by atoms with Gasteiger partial charge in [-0.15, -0.1) is 0 Å². The van der Waals surface area contributed by atoms with Crippen LogP contribution in [0.25, 0.3) is 0 Å². The fourth-order valence-electron chi connectivity index (χ4n) is 1.83. The molecule has 5 nitrogen and oxygen atoms in total. The maximum absolute atomic E-state index is 12.2. The number of anilines is 1. The molecule has 0 unspecified atom stereocenters. The number of benzene rings is 1. The summed E-state index contributed by atoms with van der Waals surface area (Å²) in [7, 11) is 0. The van der Waals surface area contributed by atoms with Crippen LogP contribution >= 0.6 is 23.2 Å². The average Bonchev–Trinajstić information content (AvgIpc) is 3.17. The molecule has 0 atom stereocenters. The van der Waals surface area contributed by atoms with E-state index in [0.29, 0.717) is 15.7 Å². The van der Waals surface area contributed by atoms with Crippen molar-refractivity contribution in [1.82, 2.24) is 4.90 Å². The Bertz CT molecular complexity index is 532. The highest BCUT2D eigenvalue weighted by atomic mass is 35.5. The first-order valence-corrected chi connectivity index (χ1v) is 6.97. The van der Waals surface area contributed by atoms with Crippen LogP contribution in [0.5, 0.6) is 0 Å². The van der Waals surface area contributed by atoms with Gasteiger partial charge in [0.2, 0.25) is 0 Å². The fourth-order valence-corrected chi connectivity index (χ4v) is 2.29. The second-order valence-electron chi connectivity index (χ2n) is 4.62. The number of nitrogens with one attached hydrogen (secondary N) is 1. The topological polar surface area (TPSA) is 69.6 Å². The van der Waals surface area contributed by atoms with Crippen LogP contribution in [-0.4, -0.2) is 34.6 Å².